The normalized spacial score (nSPS) is 17.3. The van der Waals surface area contributed by atoms with Crippen molar-refractivity contribution in [1.82, 2.24) is 4.90 Å². The van der Waals surface area contributed by atoms with E-state index in [0.717, 1.165) is 38.0 Å². The Morgan fingerprint density at radius 3 is 2.63 bits per heavy atom. The summed E-state index contributed by atoms with van der Waals surface area (Å²) >= 11 is 0. The van der Waals surface area contributed by atoms with Crippen molar-refractivity contribution in [2.75, 3.05) is 13.1 Å². The molecule has 2 rings (SSSR count). The number of rotatable bonds is 4. The van der Waals surface area contributed by atoms with Crippen molar-refractivity contribution in [3.63, 3.8) is 0 Å². The van der Waals surface area contributed by atoms with E-state index >= 15 is 0 Å². The number of hydrogen-bond donors (Lipinski definition) is 1. The predicted octanol–water partition coefficient (Wildman–Crippen LogP) is 2.63. The molecule has 0 spiro atoms. The van der Waals surface area contributed by atoms with Crippen LogP contribution in [0, 0.1) is 0 Å². The lowest BCUT2D eigenvalue weighted by Crippen LogP contribution is -2.39. The summed E-state index contributed by atoms with van der Waals surface area (Å²) < 4.78 is 28.6. The van der Waals surface area contributed by atoms with Gasteiger partial charge in [0.05, 0.1) is 0 Å². The molecule has 0 bridgehead atoms. The molecule has 1 aliphatic heterocycles. The van der Waals surface area contributed by atoms with Gasteiger partial charge < -0.3 is 10.5 Å². The molecule has 0 unspecified atom stereocenters. The molecule has 2 N–H and O–H groups in total. The van der Waals surface area contributed by atoms with Crippen molar-refractivity contribution in [3.05, 3.63) is 29.8 Å². The zero-order chi connectivity index (χ0) is 13.0. The van der Waals surface area contributed by atoms with Gasteiger partial charge in [-0.2, -0.15) is 8.78 Å². The fourth-order valence-electron chi connectivity index (χ4n) is 2.19. The summed E-state index contributed by atoms with van der Waals surface area (Å²) in [7, 11) is 0. The lowest BCUT2D eigenvalue weighted by Gasteiger charge is -2.30. The molecule has 6 heteroatoms. The number of nitrogens with zero attached hydrogens (tertiary/aromatic N) is 1. The molecule has 1 aromatic rings. The van der Waals surface area contributed by atoms with E-state index < -0.39 is 6.61 Å². The lowest BCUT2D eigenvalue weighted by atomic mass is 10.1. The van der Waals surface area contributed by atoms with E-state index in [1.807, 2.05) is 6.07 Å². The number of nitrogens with two attached hydrogens (primary N) is 1. The zero-order valence-electron chi connectivity index (χ0n) is 10.6. The minimum absolute atomic E-state index is 0. The van der Waals surface area contributed by atoms with Crippen LogP contribution in [0.15, 0.2) is 24.3 Å². The molecule has 108 valence electrons. The molecule has 0 amide bonds. The molecule has 1 aliphatic rings. The smallest absolute Gasteiger partial charge is 0.387 e. The van der Waals surface area contributed by atoms with Crippen molar-refractivity contribution in [3.8, 4) is 5.75 Å². The number of benzene rings is 1. The Bertz CT molecular complexity index is 385. The third kappa shape index (κ3) is 5.30. The first-order valence-corrected chi connectivity index (χ1v) is 6.15. The van der Waals surface area contributed by atoms with Crippen LogP contribution in [0.1, 0.15) is 18.4 Å². The number of hydrogen-bond acceptors (Lipinski definition) is 3. The van der Waals surface area contributed by atoms with Gasteiger partial charge in [-0.3, -0.25) is 4.90 Å². The first-order valence-electron chi connectivity index (χ1n) is 6.15. The van der Waals surface area contributed by atoms with Crippen LogP contribution in [-0.4, -0.2) is 30.6 Å². The second kappa shape index (κ2) is 7.62. The quantitative estimate of drug-likeness (QED) is 0.927. The standard InChI is InChI=1S/C13H18F2N2O.ClH/c14-13(15)18-12-3-1-2-10(8-12)9-17-6-4-11(16)5-7-17;/h1-3,8,11,13H,4-7,9,16H2;1H. The highest BCUT2D eigenvalue weighted by Crippen LogP contribution is 2.18. The van der Waals surface area contributed by atoms with Crippen molar-refractivity contribution in [2.24, 2.45) is 5.73 Å². The highest BCUT2D eigenvalue weighted by molar-refractivity contribution is 5.85. The van der Waals surface area contributed by atoms with Gasteiger partial charge in [0.25, 0.3) is 0 Å². The van der Waals surface area contributed by atoms with Gasteiger partial charge in [-0.15, -0.1) is 12.4 Å². The second-order valence-corrected chi connectivity index (χ2v) is 4.64. The van der Waals surface area contributed by atoms with Crippen molar-refractivity contribution >= 4 is 12.4 Å². The van der Waals surface area contributed by atoms with E-state index in [1.165, 1.54) is 0 Å². The minimum Gasteiger partial charge on any atom is -0.435 e. The Labute approximate surface area is 118 Å². The van der Waals surface area contributed by atoms with Crippen LogP contribution in [0.2, 0.25) is 0 Å². The number of ether oxygens (including phenoxy) is 1. The molecule has 1 saturated heterocycles. The van der Waals surface area contributed by atoms with Crippen molar-refractivity contribution in [1.29, 1.82) is 0 Å². The van der Waals surface area contributed by atoms with E-state index in [0.29, 0.717) is 6.04 Å². The molecule has 0 radical (unpaired) electrons. The van der Waals surface area contributed by atoms with E-state index in [2.05, 4.69) is 9.64 Å². The summed E-state index contributed by atoms with van der Waals surface area (Å²) in [5.74, 6) is 0.219. The SMILES string of the molecule is Cl.NC1CCN(Cc2cccc(OC(F)F)c2)CC1. The van der Waals surface area contributed by atoms with E-state index in [4.69, 9.17) is 5.73 Å². The van der Waals surface area contributed by atoms with Gasteiger partial charge in [0.2, 0.25) is 0 Å². The first-order chi connectivity index (χ1) is 8.63. The number of halogens is 3. The van der Waals surface area contributed by atoms with Crippen LogP contribution in [0.3, 0.4) is 0 Å². The molecule has 0 aliphatic carbocycles. The third-order valence-corrected chi connectivity index (χ3v) is 3.16. The molecule has 1 fully saturated rings. The minimum atomic E-state index is -2.77. The maximum Gasteiger partial charge on any atom is 0.387 e. The molecule has 1 aromatic carbocycles. The third-order valence-electron chi connectivity index (χ3n) is 3.16. The summed E-state index contributed by atoms with van der Waals surface area (Å²) in [6.45, 7) is -0.0942. The van der Waals surface area contributed by atoms with E-state index in [9.17, 15) is 8.78 Å². The van der Waals surface area contributed by atoms with Gasteiger partial charge in [0, 0.05) is 12.6 Å². The van der Waals surface area contributed by atoms with E-state index in [-0.39, 0.29) is 18.2 Å². The average molecular weight is 293 g/mol. The molecular weight excluding hydrogens is 274 g/mol. The van der Waals surface area contributed by atoms with Gasteiger partial charge in [-0.25, -0.2) is 0 Å². The van der Waals surface area contributed by atoms with Crippen molar-refractivity contribution in [2.45, 2.75) is 32.0 Å². The van der Waals surface area contributed by atoms with Gasteiger partial charge in [0.1, 0.15) is 5.75 Å². The molecular formula is C13H19ClF2N2O. The Kier molecular flexibility index (Phi) is 6.48. The Morgan fingerprint density at radius 1 is 1.32 bits per heavy atom. The Balaban J connectivity index is 0.00000180. The highest BCUT2D eigenvalue weighted by atomic mass is 35.5. The maximum atomic E-state index is 12.1. The van der Waals surface area contributed by atoms with Crippen LogP contribution < -0.4 is 10.5 Å². The lowest BCUT2D eigenvalue weighted by molar-refractivity contribution is -0.0499. The van der Waals surface area contributed by atoms with Crippen LogP contribution >= 0.6 is 12.4 Å². The summed E-state index contributed by atoms with van der Waals surface area (Å²) in [5, 5.41) is 0. The van der Waals surface area contributed by atoms with Crippen LogP contribution in [-0.2, 0) is 6.54 Å². The van der Waals surface area contributed by atoms with Crippen LogP contribution in [0.4, 0.5) is 8.78 Å². The van der Waals surface area contributed by atoms with Gasteiger partial charge in [0.15, 0.2) is 0 Å². The van der Waals surface area contributed by atoms with Gasteiger partial charge in [-0.05, 0) is 43.6 Å². The number of piperidine rings is 1. The second-order valence-electron chi connectivity index (χ2n) is 4.64. The molecule has 0 saturated carbocycles. The average Bonchev–Trinajstić information content (AvgIpc) is 2.32. The monoisotopic (exact) mass is 292 g/mol. The summed E-state index contributed by atoms with van der Waals surface area (Å²) in [6, 6.07) is 7.17. The molecule has 19 heavy (non-hydrogen) atoms. The number of alkyl halides is 2. The van der Waals surface area contributed by atoms with Gasteiger partial charge in [-0.1, -0.05) is 12.1 Å². The Hall–Kier alpha value is -0.910. The maximum absolute atomic E-state index is 12.1. The topological polar surface area (TPSA) is 38.5 Å². The first kappa shape index (κ1) is 16.1. The van der Waals surface area contributed by atoms with Gasteiger partial charge >= 0.3 is 6.61 Å². The highest BCUT2D eigenvalue weighted by Gasteiger charge is 2.16. The summed E-state index contributed by atoms with van der Waals surface area (Å²) in [4.78, 5) is 2.28. The number of likely N-dealkylation sites (tertiary alicyclic amines) is 1. The Morgan fingerprint density at radius 2 is 2.00 bits per heavy atom. The van der Waals surface area contributed by atoms with Crippen LogP contribution in [0.5, 0.6) is 5.75 Å². The fraction of sp³-hybridized carbons (Fsp3) is 0.538. The molecule has 1 heterocycles. The summed E-state index contributed by atoms with van der Waals surface area (Å²) in [6.07, 6.45) is 1.99. The largest absolute Gasteiger partial charge is 0.435 e. The molecule has 0 atom stereocenters. The predicted molar refractivity (Wildman–Crippen MR) is 72.8 cm³/mol. The zero-order valence-corrected chi connectivity index (χ0v) is 11.4. The van der Waals surface area contributed by atoms with Crippen LogP contribution in [0.25, 0.3) is 0 Å². The molecule has 3 nitrogen and oxygen atoms in total. The summed E-state index contributed by atoms with van der Waals surface area (Å²) in [5.41, 5.74) is 6.83. The molecule has 0 aromatic heterocycles. The fourth-order valence-corrected chi connectivity index (χ4v) is 2.19. The van der Waals surface area contributed by atoms with E-state index in [1.54, 1.807) is 18.2 Å². The van der Waals surface area contributed by atoms with Crippen molar-refractivity contribution < 1.29 is 13.5 Å².